The van der Waals surface area contributed by atoms with Crippen LogP contribution in [-0.2, 0) is 4.79 Å². The van der Waals surface area contributed by atoms with Gasteiger partial charge in [0.2, 0.25) is 5.91 Å². The van der Waals surface area contributed by atoms with E-state index in [4.69, 9.17) is 0 Å². The normalized spacial score (nSPS) is 12.6. The zero-order chi connectivity index (χ0) is 56.9. The topological polar surface area (TPSA) is 69.6 Å². The van der Waals surface area contributed by atoms with Crippen LogP contribution in [0.4, 0.5) is 0 Å². The Balaban J connectivity index is 3.35. The minimum absolute atomic E-state index is 0.0197. The lowest BCUT2D eigenvalue weighted by atomic mass is 10.0. The van der Waals surface area contributed by atoms with Crippen LogP contribution in [0.1, 0.15) is 444 Å². The molecule has 3 N–H and O–H groups in total. The zero-order valence-corrected chi connectivity index (χ0v) is 54.7. The number of aliphatic hydroxyl groups excluding tert-OH is 2. The van der Waals surface area contributed by atoms with E-state index < -0.39 is 12.1 Å². The molecule has 472 valence electrons. The molecule has 0 heterocycles. The molecular weight excluding hydrogens is 963 g/mol. The van der Waals surface area contributed by atoms with Gasteiger partial charge in [-0.1, -0.05) is 411 Å². The fraction of sp³-hybridized carbons (Fsp3) is 0.960. The lowest BCUT2D eigenvalue weighted by Gasteiger charge is -2.22. The molecule has 0 aliphatic carbocycles. The third kappa shape index (κ3) is 67.8. The summed E-state index contributed by atoms with van der Waals surface area (Å²) in [5, 5.41) is 23.5. The van der Waals surface area contributed by atoms with Gasteiger partial charge in [0.15, 0.2) is 0 Å². The summed E-state index contributed by atoms with van der Waals surface area (Å²) in [4.78, 5) is 12.6. The molecule has 0 aromatic carbocycles. The highest BCUT2D eigenvalue weighted by Crippen LogP contribution is 2.20. The largest absolute Gasteiger partial charge is 0.394 e. The van der Waals surface area contributed by atoms with Crippen molar-refractivity contribution in [2.24, 2.45) is 0 Å². The lowest BCUT2D eigenvalue weighted by molar-refractivity contribution is -0.123. The molecule has 79 heavy (non-hydrogen) atoms. The Hall–Kier alpha value is -0.870. The number of hydrogen-bond acceptors (Lipinski definition) is 3. The van der Waals surface area contributed by atoms with Gasteiger partial charge >= 0.3 is 0 Å². The van der Waals surface area contributed by atoms with Crippen molar-refractivity contribution in [3.63, 3.8) is 0 Å². The average molecular weight is 1110 g/mol. The van der Waals surface area contributed by atoms with E-state index in [2.05, 4.69) is 31.3 Å². The van der Waals surface area contributed by atoms with Crippen molar-refractivity contribution in [1.82, 2.24) is 5.32 Å². The third-order valence-electron chi connectivity index (χ3n) is 18.0. The Bertz CT molecular complexity index is 1120. The van der Waals surface area contributed by atoms with Gasteiger partial charge in [0, 0.05) is 6.42 Å². The van der Waals surface area contributed by atoms with E-state index in [0.717, 1.165) is 25.7 Å². The Morgan fingerprint density at radius 3 is 0.696 bits per heavy atom. The molecule has 4 heteroatoms. The van der Waals surface area contributed by atoms with Gasteiger partial charge in [-0.25, -0.2) is 0 Å². The second-order valence-corrected chi connectivity index (χ2v) is 26.1. The van der Waals surface area contributed by atoms with E-state index in [1.807, 2.05) is 0 Å². The number of nitrogens with one attached hydrogen (secondary N) is 1. The summed E-state index contributed by atoms with van der Waals surface area (Å²) in [5.74, 6) is -0.0197. The Morgan fingerprint density at radius 2 is 0.481 bits per heavy atom. The Morgan fingerprint density at radius 1 is 0.291 bits per heavy atom. The minimum atomic E-state index is -0.658. The number of carbonyl (C=O) groups is 1. The first-order chi connectivity index (χ1) is 39.2. The van der Waals surface area contributed by atoms with Gasteiger partial charge in [0.25, 0.3) is 0 Å². The molecule has 2 atom stereocenters. The monoisotopic (exact) mass is 1110 g/mol. The van der Waals surface area contributed by atoms with Crippen molar-refractivity contribution in [2.45, 2.75) is 456 Å². The van der Waals surface area contributed by atoms with Gasteiger partial charge < -0.3 is 15.5 Å². The van der Waals surface area contributed by atoms with Crippen LogP contribution in [0.2, 0.25) is 0 Å². The maximum atomic E-state index is 12.6. The van der Waals surface area contributed by atoms with Gasteiger partial charge in [-0.2, -0.15) is 0 Å². The van der Waals surface area contributed by atoms with Crippen molar-refractivity contribution in [1.29, 1.82) is 0 Å². The number of unbranched alkanes of at least 4 members (excludes halogenated alkanes) is 62. The summed E-state index contributed by atoms with van der Waals surface area (Å²) in [6.07, 6.45) is 95.9. The van der Waals surface area contributed by atoms with E-state index in [1.165, 1.54) is 392 Å². The predicted molar refractivity (Wildman–Crippen MR) is 355 cm³/mol. The van der Waals surface area contributed by atoms with Crippen LogP contribution in [-0.4, -0.2) is 34.9 Å². The number of rotatable bonds is 71. The van der Waals surface area contributed by atoms with Crippen LogP contribution >= 0.6 is 0 Å². The number of carbonyl (C=O) groups excluding carboxylic acids is 1. The van der Waals surface area contributed by atoms with Crippen molar-refractivity contribution >= 4 is 5.91 Å². The SMILES string of the molecule is CCCCCCCCCC/C=C\CCCCCCCCCCCCCCCCCCCCCCCCCC(=O)NC(CO)C(O)CCCCCCCCCCCCCCCCCCCCCCCCCCCCCCCCCC. The number of allylic oxidation sites excluding steroid dienone is 2. The van der Waals surface area contributed by atoms with E-state index in [0.29, 0.717) is 12.8 Å². The first kappa shape index (κ1) is 78.1. The van der Waals surface area contributed by atoms with E-state index in [9.17, 15) is 15.0 Å². The first-order valence-electron chi connectivity index (χ1n) is 37.4. The second-order valence-electron chi connectivity index (χ2n) is 26.1. The summed E-state index contributed by atoms with van der Waals surface area (Å²) < 4.78 is 0. The van der Waals surface area contributed by atoms with Gasteiger partial charge in [-0.15, -0.1) is 0 Å². The van der Waals surface area contributed by atoms with E-state index >= 15 is 0 Å². The van der Waals surface area contributed by atoms with Crippen LogP contribution < -0.4 is 5.32 Å². The highest BCUT2D eigenvalue weighted by molar-refractivity contribution is 5.76. The highest BCUT2D eigenvalue weighted by atomic mass is 16.3. The van der Waals surface area contributed by atoms with Crippen molar-refractivity contribution in [3.05, 3.63) is 12.2 Å². The molecule has 0 saturated carbocycles. The van der Waals surface area contributed by atoms with Crippen LogP contribution in [0.3, 0.4) is 0 Å². The summed E-state index contributed by atoms with van der Waals surface area (Å²) in [6, 6.07) is -0.535. The zero-order valence-electron chi connectivity index (χ0n) is 54.7. The number of hydrogen-bond donors (Lipinski definition) is 3. The first-order valence-corrected chi connectivity index (χ1v) is 37.4. The molecule has 0 aromatic heterocycles. The molecule has 4 nitrogen and oxygen atoms in total. The second kappa shape index (κ2) is 71.4. The molecule has 0 saturated heterocycles. The van der Waals surface area contributed by atoms with E-state index in [-0.39, 0.29) is 12.5 Å². The molecule has 1 amide bonds. The number of amides is 1. The molecule has 0 aliphatic rings. The Kier molecular flexibility index (Phi) is 70.6. The maximum Gasteiger partial charge on any atom is 0.220 e. The van der Waals surface area contributed by atoms with Crippen LogP contribution in [0.25, 0.3) is 0 Å². The van der Waals surface area contributed by atoms with Gasteiger partial charge in [-0.05, 0) is 38.5 Å². The quantitative estimate of drug-likeness (QED) is 0.0420. The predicted octanol–water partition coefficient (Wildman–Crippen LogP) is 25.6. The molecular formula is C75H149NO3. The molecule has 0 fully saturated rings. The van der Waals surface area contributed by atoms with Crippen molar-refractivity contribution in [2.75, 3.05) is 6.61 Å². The van der Waals surface area contributed by atoms with Gasteiger partial charge in [0.05, 0.1) is 18.8 Å². The summed E-state index contributed by atoms with van der Waals surface area (Å²) in [6.45, 7) is 4.42. The lowest BCUT2D eigenvalue weighted by Crippen LogP contribution is -2.45. The smallest absolute Gasteiger partial charge is 0.220 e. The van der Waals surface area contributed by atoms with Crippen molar-refractivity contribution in [3.8, 4) is 0 Å². The third-order valence-corrected chi connectivity index (χ3v) is 18.0. The van der Waals surface area contributed by atoms with Crippen LogP contribution in [0.5, 0.6) is 0 Å². The molecule has 2 unspecified atom stereocenters. The Labute approximate surface area is 498 Å². The molecule has 0 spiro atoms. The summed E-state index contributed by atoms with van der Waals surface area (Å²) in [5.41, 5.74) is 0. The summed E-state index contributed by atoms with van der Waals surface area (Å²) >= 11 is 0. The van der Waals surface area contributed by atoms with Crippen molar-refractivity contribution < 1.29 is 15.0 Å². The average Bonchev–Trinajstić information content (AvgIpc) is 3.45. The molecule has 0 rings (SSSR count). The molecule has 0 bridgehead atoms. The van der Waals surface area contributed by atoms with E-state index in [1.54, 1.807) is 0 Å². The van der Waals surface area contributed by atoms with Gasteiger partial charge in [-0.3, -0.25) is 4.79 Å². The molecule has 0 aliphatic heterocycles. The summed E-state index contributed by atoms with van der Waals surface area (Å²) in [7, 11) is 0. The molecule has 0 radical (unpaired) electrons. The maximum absolute atomic E-state index is 12.6. The van der Waals surface area contributed by atoms with Crippen LogP contribution in [0, 0.1) is 0 Å². The highest BCUT2D eigenvalue weighted by Gasteiger charge is 2.20. The number of aliphatic hydroxyl groups is 2. The van der Waals surface area contributed by atoms with Gasteiger partial charge in [0.1, 0.15) is 0 Å². The fourth-order valence-corrected chi connectivity index (χ4v) is 12.4. The fourth-order valence-electron chi connectivity index (χ4n) is 12.4. The minimum Gasteiger partial charge on any atom is -0.394 e. The van der Waals surface area contributed by atoms with Crippen LogP contribution in [0.15, 0.2) is 12.2 Å². The standard InChI is InChI=1S/C75H149NO3/c1-3-5-7-9-11-13-15-17-19-21-23-25-27-29-31-33-35-37-38-39-41-43-45-47-49-51-53-55-57-59-61-63-65-67-69-71-75(79)76-73(72-77)74(78)70-68-66-64-62-60-58-56-54-52-50-48-46-44-42-40-36-34-32-30-28-26-24-22-20-18-16-14-12-10-8-6-4-2/h21,23,73-74,77-78H,3-20,22,24-72H2,1-2H3,(H,76,79)/b23-21-. The molecule has 0 aromatic rings.